The molecule has 2 aromatic carbocycles. The second-order valence-corrected chi connectivity index (χ2v) is 6.38. The minimum atomic E-state index is -3.75. The summed E-state index contributed by atoms with van der Waals surface area (Å²) in [7, 11) is -3.75. The Balaban J connectivity index is 2.22. The number of hydrogen-bond donors (Lipinski definition) is 2. The third-order valence-corrected chi connectivity index (χ3v) is 4.68. The molecule has 0 aromatic heterocycles. The van der Waals surface area contributed by atoms with Crippen molar-refractivity contribution < 1.29 is 17.9 Å². The number of aliphatic hydroxyl groups is 1. The first-order chi connectivity index (χ1) is 9.94. The molecule has 0 bridgehead atoms. The summed E-state index contributed by atoms with van der Waals surface area (Å²) in [6.07, 6.45) is 0. The van der Waals surface area contributed by atoms with E-state index in [1.165, 1.54) is 36.4 Å². The highest BCUT2D eigenvalue weighted by molar-refractivity contribution is 7.89. The Bertz CT molecular complexity index is 714. The Hall–Kier alpha value is -1.76. The summed E-state index contributed by atoms with van der Waals surface area (Å²) in [4.78, 5) is 0.0721. The summed E-state index contributed by atoms with van der Waals surface area (Å²) >= 11 is 0. The quantitative estimate of drug-likeness (QED) is 0.891. The highest BCUT2D eigenvalue weighted by Crippen LogP contribution is 2.19. The van der Waals surface area contributed by atoms with Crippen molar-refractivity contribution in [2.75, 3.05) is 0 Å². The molecular formula is C15H16FNO3S. The number of aliphatic hydroxyl groups excluding tert-OH is 1. The normalized spacial score (nSPS) is 13.1. The van der Waals surface area contributed by atoms with Gasteiger partial charge in [-0.25, -0.2) is 17.5 Å². The van der Waals surface area contributed by atoms with E-state index in [2.05, 4.69) is 4.72 Å². The highest BCUT2D eigenvalue weighted by atomic mass is 32.2. The molecule has 0 spiro atoms. The Morgan fingerprint density at radius 3 is 2.33 bits per heavy atom. The molecule has 0 radical (unpaired) electrons. The van der Waals surface area contributed by atoms with Crippen molar-refractivity contribution in [1.82, 2.24) is 4.72 Å². The highest BCUT2D eigenvalue weighted by Gasteiger charge is 2.19. The molecule has 2 N–H and O–H groups in total. The third-order valence-electron chi connectivity index (χ3n) is 3.12. The number of sulfonamides is 1. The Morgan fingerprint density at radius 1 is 1.14 bits per heavy atom. The van der Waals surface area contributed by atoms with Crippen molar-refractivity contribution >= 4 is 10.0 Å². The molecule has 0 aliphatic heterocycles. The Morgan fingerprint density at radius 2 is 1.76 bits per heavy atom. The van der Waals surface area contributed by atoms with E-state index >= 15 is 0 Å². The first-order valence-electron chi connectivity index (χ1n) is 6.40. The summed E-state index contributed by atoms with van der Waals surface area (Å²) in [5.74, 6) is -0.455. The zero-order valence-electron chi connectivity index (χ0n) is 11.5. The molecule has 6 heteroatoms. The van der Waals surface area contributed by atoms with Crippen LogP contribution < -0.4 is 4.72 Å². The van der Waals surface area contributed by atoms with Crippen LogP contribution in [0.3, 0.4) is 0 Å². The van der Waals surface area contributed by atoms with Crippen molar-refractivity contribution in [2.24, 2.45) is 0 Å². The maximum atomic E-state index is 13.7. The van der Waals surface area contributed by atoms with Crippen molar-refractivity contribution in [3.63, 3.8) is 0 Å². The van der Waals surface area contributed by atoms with Crippen LogP contribution in [0.5, 0.6) is 0 Å². The average Bonchev–Trinajstić information content (AvgIpc) is 2.47. The summed E-state index contributed by atoms with van der Waals surface area (Å²) in [5.41, 5.74) is 0.907. The molecule has 0 aliphatic carbocycles. The van der Waals surface area contributed by atoms with E-state index in [0.717, 1.165) is 0 Å². The van der Waals surface area contributed by atoms with Crippen molar-refractivity contribution in [2.45, 2.75) is 24.5 Å². The number of benzene rings is 2. The van der Waals surface area contributed by atoms with E-state index in [0.29, 0.717) is 5.56 Å². The van der Waals surface area contributed by atoms with Crippen LogP contribution in [0.25, 0.3) is 0 Å². The minimum absolute atomic E-state index is 0.0721. The van der Waals surface area contributed by atoms with Crippen LogP contribution >= 0.6 is 0 Å². The fourth-order valence-corrected chi connectivity index (χ4v) is 3.19. The van der Waals surface area contributed by atoms with Gasteiger partial charge in [-0.2, -0.15) is 0 Å². The van der Waals surface area contributed by atoms with E-state index in [9.17, 15) is 12.8 Å². The van der Waals surface area contributed by atoms with Crippen molar-refractivity contribution in [3.8, 4) is 0 Å². The van der Waals surface area contributed by atoms with E-state index < -0.39 is 21.9 Å². The number of nitrogens with one attached hydrogen (secondary N) is 1. The molecule has 0 saturated carbocycles. The van der Waals surface area contributed by atoms with Gasteiger partial charge >= 0.3 is 0 Å². The second kappa shape index (κ2) is 6.34. The third kappa shape index (κ3) is 3.66. The van der Waals surface area contributed by atoms with Gasteiger partial charge in [0.1, 0.15) is 5.82 Å². The lowest BCUT2D eigenvalue weighted by atomic mass is 10.1. The van der Waals surface area contributed by atoms with E-state index in [1.54, 1.807) is 19.1 Å². The fourth-order valence-electron chi connectivity index (χ4n) is 1.96. The monoisotopic (exact) mass is 309 g/mol. The largest absolute Gasteiger partial charge is 0.392 e. The number of rotatable bonds is 5. The molecule has 2 rings (SSSR count). The minimum Gasteiger partial charge on any atom is -0.392 e. The van der Waals surface area contributed by atoms with E-state index in [4.69, 9.17) is 5.11 Å². The molecule has 0 aliphatic rings. The van der Waals surface area contributed by atoms with Gasteiger partial charge in [0.15, 0.2) is 0 Å². The summed E-state index contributed by atoms with van der Waals surface area (Å²) < 4.78 is 40.6. The van der Waals surface area contributed by atoms with Gasteiger partial charge in [0.2, 0.25) is 10.0 Å². The van der Waals surface area contributed by atoms with Gasteiger partial charge in [0.25, 0.3) is 0 Å². The standard InChI is InChI=1S/C15H16FNO3S/c1-11(14-4-2-3-5-15(14)16)17-21(19,20)13-8-6-12(10-18)7-9-13/h2-9,11,17-18H,10H2,1H3. The molecule has 0 amide bonds. The summed E-state index contributed by atoms with van der Waals surface area (Å²) in [6, 6.07) is 11.2. The lowest BCUT2D eigenvalue weighted by Crippen LogP contribution is -2.27. The second-order valence-electron chi connectivity index (χ2n) is 4.67. The molecule has 0 saturated heterocycles. The van der Waals surface area contributed by atoms with E-state index in [-0.39, 0.29) is 17.1 Å². The molecule has 112 valence electrons. The first kappa shape index (κ1) is 15.6. The molecule has 0 heterocycles. The van der Waals surface area contributed by atoms with Gasteiger partial charge in [-0.3, -0.25) is 0 Å². The van der Waals surface area contributed by atoms with Crippen LogP contribution in [0.4, 0.5) is 4.39 Å². The SMILES string of the molecule is CC(NS(=O)(=O)c1ccc(CO)cc1)c1ccccc1F. The number of hydrogen-bond acceptors (Lipinski definition) is 3. The van der Waals surface area contributed by atoms with Crippen LogP contribution in [-0.2, 0) is 16.6 Å². The molecule has 4 nitrogen and oxygen atoms in total. The zero-order valence-corrected chi connectivity index (χ0v) is 12.3. The smallest absolute Gasteiger partial charge is 0.241 e. The van der Waals surface area contributed by atoms with Gasteiger partial charge in [0.05, 0.1) is 11.5 Å². The topological polar surface area (TPSA) is 66.4 Å². The molecule has 0 fully saturated rings. The lowest BCUT2D eigenvalue weighted by molar-refractivity contribution is 0.282. The lowest BCUT2D eigenvalue weighted by Gasteiger charge is -2.15. The molecule has 2 aromatic rings. The molecular weight excluding hydrogens is 293 g/mol. The number of halogens is 1. The first-order valence-corrected chi connectivity index (χ1v) is 7.89. The summed E-state index contributed by atoms with van der Waals surface area (Å²) in [6.45, 7) is 1.43. The van der Waals surface area contributed by atoms with Crippen LogP contribution in [0.1, 0.15) is 24.1 Å². The van der Waals surface area contributed by atoms with E-state index in [1.807, 2.05) is 0 Å². The van der Waals surface area contributed by atoms with Crippen LogP contribution in [0.2, 0.25) is 0 Å². The van der Waals surface area contributed by atoms with Gasteiger partial charge in [0, 0.05) is 11.6 Å². The predicted octanol–water partition coefficient (Wildman–Crippen LogP) is 2.36. The fraction of sp³-hybridized carbons (Fsp3) is 0.200. The maximum absolute atomic E-state index is 13.7. The summed E-state index contributed by atoms with van der Waals surface area (Å²) in [5, 5.41) is 8.95. The average molecular weight is 309 g/mol. The molecule has 21 heavy (non-hydrogen) atoms. The van der Waals surface area contributed by atoms with Gasteiger partial charge in [-0.1, -0.05) is 30.3 Å². The zero-order chi connectivity index (χ0) is 15.5. The van der Waals surface area contributed by atoms with Crippen LogP contribution in [0.15, 0.2) is 53.4 Å². The maximum Gasteiger partial charge on any atom is 0.241 e. The van der Waals surface area contributed by atoms with Gasteiger partial charge in [-0.15, -0.1) is 0 Å². The van der Waals surface area contributed by atoms with Gasteiger partial charge in [-0.05, 0) is 30.7 Å². The Labute approximate surface area is 123 Å². The van der Waals surface area contributed by atoms with Crippen molar-refractivity contribution in [1.29, 1.82) is 0 Å². The van der Waals surface area contributed by atoms with Crippen molar-refractivity contribution in [3.05, 3.63) is 65.5 Å². The predicted molar refractivity (Wildman–Crippen MR) is 77.5 cm³/mol. The van der Waals surface area contributed by atoms with Gasteiger partial charge < -0.3 is 5.11 Å². The van der Waals surface area contributed by atoms with Crippen LogP contribution in [0, 0.1) is 5.82 Å². The molecule has 1 atom stereocenters. The van der Waals surface area contributed by atoms with Crippen LogP contribution in [-0.4, -0.2) is 13.5 Å². The molecule has 1 unspecified atom stereocenters. The Kier molecular flexibility index (Phi) is 4.72.